The number of carbonyl (C=O) groups is 1. The molecule has 2 aromatic carbocycles. The molecule has 0 bridgehead atoms. The molecule has 0 saturated heterocycles. The van der Waals surface area contributed by atoms with Gasteiger partial charge in [0.25, 0.3) is 0 Å². The number of halogens is 2. The summed E-state index contributed by atoms with van der Waals surface area (Å²) in [7, 11) is 1.00. The fourth-order valence-electron chi connectivity index (χ4n) is 14.9. The van der Waals surface area contributed by atoms with Crippen LogP contribution in [0.25, 0.3) is 0 Å². The third kappa shape index (κ3) is 11.5. The zero-order valence-electron chi connectivity index (χ0n) is 42.1. The van der Waals surface area contributed by atoms with Crippen LogP contribution in [0.3, 0.4) is 0 Å². The number of benzene rings is 2. The Morgan fingerprint density at radius 1 is 0.687 bits per heavy atom. The van der Waals surface area contributed by atoms with Crippen LogP contribution in [0, 0.1) is 94.5 Å². The number of hydrogen-bond donors (Lipinski definition) is 7. The molecule has 0 aromatic heterocycles. The molecular weight excluding hydrogens is 847 g/mol. The van der Waals surface area contributed by atoms with Gasteiger partial charge in [0.2, 0.25) is 0 Å². The van der Waals surface area contributed by atoms with Gasteiger partial charge >= 0.3 is 0 Å². The van der Waals surface area contributed by atoms with Gasteiger partial charge in [-0.1, -0.05) is 70.2 Å². The lowest BCUT2D eigenvalue weighted by atomic mass is 9.49. The third-order valence-electron chi connectivity index (χ3n) is 19.4. The van der Waals surface area contributed by atoms with Crippen molar-refractivity contribution in [2.45, 2.75) is 150 Å². The van der Waals surface area contributed by atoms with E-state index in [0.717, 1.165) is 88.3 Å². The second-order valence-electron chi connectivity index (χ2n) is 22.7. The molecule has 6 fully saturated rings. The number of fused-ring (bicyclic) bond motifs is 2. The number of rotatable bonds is 10. The average Bonchev–Trinajstić information content (AvgIpc) is 3.79. The SMILES string of the molecule is C=C1CC[C@H]2[C@H](CN)[C@@H]([C@@]3(C)CC[C@H](O)C[C@@H]3CO)CC[C@]12C.C=C1CC[C@H]2[C@H](CNCc3ccc(C)cc3F)[C@@H]([C@@]3(C)CC[C@H](O)C[C@@H]3CO)CC[C@]12C.CO.Cc1ccc(C=O)c(F)c1. The number of aldehydes is 1. The summed E-state index contributed by atoms with van der Waals surface area (Å²) < 4.78 is 27.0. The Labute approximate surface area is 402 Å². The predicted molar refractivity (Wildman–Crippen MR) is 266 cm³/mol. The monoisotopic (exact) mass is 935 g/mol. The van der Waals surface area contributed by atoms with Gasteiger partial charge in [-0.05, 0) is 215 Å². The molecule has 8 rings (SSSR count). The van der Waals surface area contributed by atoms with Crippen LogP contribution in [-0.2, 0) is 6.54 Å². The third-order valence-corrected chi connectivity index (χ3v) is 19.4. The van der Waals surface area contributed by atoms with Crippen LogP contribution in [-0.4, -0.2) is 77.4 Å². The van der Waals surface area contributed by atoms with Crippen LogP contribution >= 0.6 is 0 Å². The zero-order chi connectivity index (χ0) is 49.5. The van der Waals surface area contributed by atoms with Gasteiger partial charge in [0.1, 0.15) is 11.6 Å². The maximum atomic E-state index is 14.4. The van der Waals surface area contributed by atoms with Crippen molar-refractivity contribution < 1.29 is 39.1 Å². The van der Waals surface area contributed by atoms with Crippen molar-refractivity contribution in [3.05, 3.63) is 94.6 Å². The van der Waals surface area contributed by atoms with Crippen LogP contribution < -0.4 is 11.1 Å². The summed E-state index contributed by atoms with van der Waals surface area (Å²) in [5.74, 6) is 3.06. The number of aryl methyl sites for hydroxylation is 2. The molecule has 0 spiro atoms. The van der Waals surface area contributed by atoms with Crippen molar-refractivity contribution in [1.29, 1.82) is 0 Å². The highest BCUT2D eigenvalue weighted by Gasteiger charge is 2.58. The van der Waals surface area contributed by atoms with E-state index in [2.05, 4.69) is 46.2 Å². The van der Waals surface area contributed by atoms with E-state index in [4.69, 9.17) is 10.8 Å². The highest BCUT2D eigenvalue weighted by atomic mass is 19.1. The van der Waals surface area contributed by atoms with Crippen molar-refractivity contribution in [1.82, 2.24) is 5.32 Å². The first-order chi connectivity index (χ1) is 31.8. The smallest absolute Gasteiger partial charge is 0.152 e. The van der Waals surface area contributed by atoms with Crippen molar-refractivity contribution in [2.24, 2.45) is 74.7 Å². The van der Waals surface area contributed by atoms with Gasteiger partial charge in [-0.15, -0.1) is 0 Å². The number of aliphatic hydroxyl groups excluding tert-OH is 5. The Kier molecular flexibility index (Phi) is 19.2. The van der Waals surface area contributed by atoms with Crippen LogP contribution in [0.15, 0.2) is 60.7 Å². The molecule has 67 heavy (non-hydrogen) atoms. The number of nitrogens with two attached hydrogens (primary N) is 1. The van der Waals surface area contributed by atoms with E-state index in [0.29, 0.717) is 54.8 Å². The minimum Gasteiger partial charge on any atom is -0.400 e. The second kappa shape index (κ2) is 23.4. The lowest BCUT2D eigenvalue weighted by Gasteiger charge is -2.56. The maximum absolute atomic E-state index is 14.4. The predicted octanol–water partition coefficient (Wildman–Crippen LogP) is 10.0. The van der Waals surface area contributed by atoms with Crippen molar-refractivity contribution in [2.75, 3.05) is 33.4 Å². The van der Waals surface area contributed by atoms with E-state index < -0.39 is 5.82 Å². The molecule has 6 saturated carbocycles. The molecule has 2 aromatic rings. The fourth-order valence-corrected chi connectivity index (χ4v) is 14.9. The van der Waals surface area contributed by atoms with E-state index >= 15 is 0 Å². The van der Waals surface area contributed by atoms with Gasteiger partial charge in [0.15, 0.2) is 6.29 Å². The van der Waals surface area contributed by atoms with Gasteiger partial charge in [0, 0.05) is 32.4 Å². The minimum atomic E-state index is -0.449. The first-order valence-corrected chi connectivity index (χ1v) is 25.6. The lowest BCUT2D eigenvalue weighted by molar-refractivity contribution is -0.0933. The molecule has 8 N–H and O–H groups in total. The maximum Gasteiger partial charge on any atom is 0.152 e. The summed E-state index contributed by atoms with van der Waals surface area (Å²) in [5, 5.41) is 51.1. The Morgan fingerprint density at radius 3 is 1.60 bits per heavy atom. The van der Waals surface area contributed by atoms with Gasteiger partial charge in [0.05, 0.1) is 17.8 Å². The molecule has 0 amide bonds. The number of hydrogen-bond acceptors (Lipinski definition) is 8. The van der Waals surface area contributed by atoms with Crippen molar-refractivity contribution in [3.63, 3.8) is 0 Å². The highest BCUT2D eigenvalue weighted by molar-refractivity contribution is 5.75. The molecule has 0 unspecified atom stereocenters. The Balaban J connectivity index is 0.000000208. The normalized spacial score (nSPS) is 38.0. The molecule has 0 aliphatic heterocycles. The van der Waals surface area contributed by atoms with Gasteiger partial charge in [-0.3, -0.25) is 4.79 Å². The molecule has 376 valence electrons. The Hall–Kier alpha value is -2.83. The first kappa shape index (κ1) is 55.1. The summed E-state index contributed by atoms with van der Waals surface area (Å²) in [6, 6.07) is 9.98. The summed E-state index contributed by atoms with van der Waals surface area (Å²) in [5.41, 5.74) is 12.3. The Bertz CT molecular complexity index is 1980. The standard InChI is InChI=1S/C28H42FNO2.C20H35NO2.C8H7FO.CH4O/c1-18-5-7-20(26(29)13-18)15-30-16-23-24-8-6-19(2)27(24,3)12-10-25(23)28(4)11-9-22(32)14-21(28)17-31;1-13-4-5-17-16(11-21)18(7-9-19(13,17)2)20(3)8-6-15(23)10-14(20)12-22;1-6-2-3-7(5-10)8(9)4-6;1-2/h5,7,13,21-25,30-32H,2,6,8-12,14-17H2,1,3-4H3;14-18,22-23H,1,4-12,21H2,2-3H3;2-5H,1H3;2H,1H3/t21-,22+,23+,24+,25+,27-,28+;14-,15+,16+,17+,18+,19-,20+;;/m11../s1. The zero-order valence-corrected chi connectivity index (χ0v) is 42.1. The van der Waals surface area contributed by atoms with Crippen molar-refractivity contribution >= 4 is 6.29 Å². The number of nitrogens with one attached hydrogen (secondary N) is 1. The van der Waals surface area contributed by atoms with E-state index in [1.165, 1.54) is 55.4 Å². The first-order valence-electron chi connectivity index (χ1n) is 25.6. The number of carbonyl (C=O) groups excluding carboxylic acids is 1. The highest BCUT2D eigenvalue weighted by Crippen LogP contribution is 2.65. The summed E-state index contributed by atoms with van der Waals surface area (Å²) in [4.78, 5) is 10.1. The summed E-state index contributed by atoms with van der Waals surface area (Å²) in [6.07, 6.45) is 14.5. The quantitative estimate of drug-likeness (QED) is 0.0918. The number of aliphatic hydroxyl groups is 5. The topological polar surface area (TPSA) is 156 Å². The largest absolute Gasteiger partial charge is 0.400 e. The van der Waals surface area contributed by atoms with E-state index in [1.54, 1.807) is 19.1 Å². The fraction of sp³-hybridized carbons (Fsp3) is 0.702. The molecule has 14 atom stereocenters. The molecule has 6 aliphatic carbocycles. The molecule has 0 radical (unpaired) electrons. The summed E-state index contributed by atoms with van der Waals surface area (Å²) >= 11 is 0. The molecular formula is C57H88F2N2O6. The molecule has 6 aliphatic rings. The van der Waals surface area contributed by atoms with Crippen LogP contribution in [0.2, 0.25) is 0 Å². The Morgan fingerprint density at radius 2 is 1.15 bits per heavy atom. The van der Waals surface area contributed by atoms with E-state index in [9.17, 15) is 34.0 Å². The molecule has 0 heterocycles. The number of allylic oxidation sites excluding steroid dienone is 2. The summed E-state index contributed by atoms with van der Waals surface area (Å²) in [6.45, 7) is 24.5. The van der Waals surface area contributed by atoms with Crippen LogP contribution in [0.4, 0.5) is 8.78 Å². The van der Waals surface area contributed by atoms with Gasteiger partial charge < -0.3 is 36.6 Å². The van der Waals surface area contributed by atoms with E-state index in [1.807, 2.05) is 19.1 Å². The van der Waals surface area contributed by atoms with Crippen LogP contribution in [0.5, 0.6) is 0 Å². The average molecular weight is 935 g/mol. The lowest BCUT2D eigenvalue weighted by Crippen LogP contribution is -2.53. The van der Waals surface area contributed by atoms with Gasteiger partial charge in [-0.2, -0.15) is 0 Å². The molecule has 10 heteroatoms. The van der Waals surface area contributed by atoms with Crippen LogP contribution in [0.1, 0.15) is 145 Å². The molecule has 8 nitrogen and oxygen atoms in total. The second-order valence-corrected chi connectivity index (χ2v) is 22.7. The van der Waals surface area contributed by atoms with Crippen molar-refractivity contribution in [3.8, 4) is 0 Å². The van der Waals surface area contributed by atoms with E-state index in [-0.39, 0.29) is 70.3 Å². The van der Waals surface area contributed by atoms with Gasteiger partial charge in [-0.25, -0.2) is 8.78 Å². The minimum absolute atomic E-state index is 0.0285.